The van der Waals surface area contributed by atoms with E-state index < -0.39 is 6.04 Å². The number of carbonyl (C=O) groups is 1. The number of nitrogens with zero attached hydrogens (tertiary/aromatic N) is 2. The molecule has 6 nitrogen and oxygen atoms in total. The maximum absolute atomic E-state index is 11.7. The normalized spacial score (nSPS) is 12.1. The molecule has 1 aromatic heterocycles. The minimum atomic E-state index is -0.394. The molecule has 6 heteroatoms. The second-order valence-corrected chi connectivity index (χ2v) is 4.37. The van der Waals surface area contributed by atoms with Crippen LogP contribution in [0.2, 0.25) is 0 Å². The number of rotatable bonds is 6. The highest BCUT2D eigenvalue weighted by Gasteiger charge is 2.20. The van der Waals surface area contributed by atoms with Crippen molar-refractivity contribution in [1.29, 1.82) is 0 Å². The number of esters is 1. The van der Waals surface area contributed by atoms with Gasteiger partial charge in [0.2, 0.25) is 5.95 Å². The molecule has 0 aliphatic carbocycles. The van der Waals surface area contributed by atoms with Gasteiger partial charge >= 0.3 is 5.97 Å². The summed E-state index contributed by atoms with van der Waals surface area (Å²) in [5.74, 6) is 1.21. The van der Waals surface area contributed by atoms with Crippen LogP contribution in [0.4, 0.5) is 11.8 Å². The Balaban J connectivity index is 2.78. The van der Waals surface area contributed by atoms with Gasteiger partial charge in [-0.25, -0.2) is 9.78 Å². The molecular weight excluding hydrogens is 232 g/mol. The molecule has 2 N–H and O–H groups in total. The second kappa shape index (κ2) is 6.78. The van der Waals surface area contributed by atoms with Crippen LogP contribution in [-0.4, -0.2) is 36.1 Å². The molecule has 1 unspecified atom stereocenters. The Bertz CT molecular complexity index is 395. The number of hydrogen-bond donors (Lipinski definition) is 2. The van der Waals surface area contributed by atoms with Gasteiger partial charge in [0.1, 0.15) is 11.9 Å². The van der Waals surface area contributed by atoms with Gasteiger partial charge < -0.3 is 15.4 Å². The van der Waals surface area contributed by atoms with Crippen molar-refractivity contribution in [2.24, 2.45) is 5.92 Å². The van der Waals surface area contributed by atoms with Gasteiger partial charge in [-0.1, -0.05) is 13.8 Å². The average molecular weight is 252 g/mol. The average Bonchev–Trinajstić information content (AvgIpc) is 2.36. The minimum absolute atomic E-state index is 0.284. The van der Waals surface area contributed by atoms with E-state index in [-0.39, 0.29) is 5.97 Å². The first-order valence-corrected chi connectivity index (χ1v) is 5.92. The lowest BCUT2D eigenvalue weighted by atomic mass is 10.0. The van der Waals surface area contributed by atoms with Gasteiger partial charge in [0.15, 0.2) is 0 Å². The Labute approximate surface area is 107 Å². The lowest BCUT2D eigenvalue weighted by molar-refractivity contribution is -0.141. The molecule has 1 rings (SSSR count). The zero-order valence-corrected chi connectivity index (χ0v) is 11.2. The van der Waals surface area contributed by atoms with E-state index in [0.29, 0.717) is 24.1 Å². The minimum Gasteiger partial charge on any atom is -0.467 e. The molecule has 100 valence electrons. The van der Waals surface area contributed by atoms with Crippen LogP contribution in [0, 0.1) is 5.92 Å². The van der Waals surface area contributed by atoms with E-state index >= 15 is 0 Å². The third-order valence-electron chi connectivity index (χ3n) is 2.39. The molecule has 0 spiro atoms. The van der Waals surface area contributed by atoms with Crippen LogP contribution >= 0.6 is 0 Å². The summed E-state index contributed by atoms with van der Waals surface area (Å²) in [6.07, 6.45) is 2.32. The largest absolute Gasteiger partial charge is 0.467 e. The van der Waals surface area contributed by atoms with Crippen molar-refractivity contribution < 1.29 is 9.53 Å². The van der Waals surface area contributed by atoms with Crippen molar-refractivity contribution in [1.82, 2.24) is 9.97 Å². The SMILES string of the molecule is CNc1nccc(NC(CC(C)C)C(=O)OC)n1. The van der Waals surface area contributed by atoms with Crippen molar-refractivity contribution in [3.05, 3.63) is 12.3 Å². The molecular formula is C12H20N4O2. The van der Waals surface area contributed by atoms with Crippen LogP contribution in [0.15, 0.2) is 12.3 Å². The van der Waals surface area contributed by atoms with Gasteiger partial charge in [-0.05, 0) is 18.4 Å². The monoisotopic (exact) mass is 252 g/mol. The van der Waals surface area contributed by atoms with Crippen LogP contribution in [0.5, 0.6) is 0 Å². The van der Waals surface area contributed by atoms with Crippen molar-refractivity contribution in [2.75, 3.05) is 24.8 Å². The molecule has 0 saturated carbocycles. The molecule has 0 radical (unpaired) electrons. The molecule has 1 aromatic rings. The molecule has 0 amide bonds. The maximum atomic E-state index is 11.7. The van der Waals surface area contributed by atoms with Crippen molar-refractivity contribution in [3.8, 4) is 0 Å². The number of hydrogen-bond acceptors (Lipinski definition) is 6. The van der Waals surface area contributed by atoms with Gasteiger partial charge in [-0.2, -0.15) is 4.98 Å². The maximum Gasteiger partial charge on any atom is 0.328 e. The number of aromatic nitrogens is 2. The van der Waals surface area contributed by atoms with E-state index in [4.69, 9.17) is 4.74 Å². The number of methoxy groups -OCH3 is 1. The Hall–Kier alpha value is -1.85. The highest BCUT2D eigenvalue weighted by molar-refractivity contribution is 5.78. The van der Waals surface area contributed by atoms with Gasteiger partial charge in [0, 0.05) is 13.2 Å². The summed E-state index contributed by atoms with van der Waals surface area (Å²) >= 11 is 0. The fourth-order valence-electron chi connectivity index (χ4n) is 1.57. The molecule has 1 atom stereocenters. The Kier molecular flexibility index (Phi) is 5.35. The second-order valence-electron chi connectivity index (χ2n) is 4.37. The van der Waals surface area contributed by atoms with Gasteiger partial charge in [0.05, 0.1) is 7.11 Å². The van der Waals surface area contributed by atoms with E-state index in [0.717, 1.165) is 0 Å². The lowest BCUT2D eigenvalue weighted by Crippen LogP contribution is -2.32. The highest BCUT2D eigenvalue weighted by atomic mass is 16.5. The lowest BCUT2D eigenvalue weighted by Gasteiger charge is -2.18. The summed E-state index contributed by atoms with van der Waals surface area (Å²) in [6.45, 7) is 4.10. The Morgan fingerprint density at radius 1 is 1.50 bits per heavy atom. The molecule has 0 bridgehead atoms. The van der Waals surface area contributed by atoms with Crippen molar-refractivity contribution >= 4 is 17.7 Å². The summed E-state index contributed by atoms with van der Waals surface area (Å²) in [6, 6.07) is 1.33. The summed E-state index contributed by atoms with van der Waals surface area (Å²) in [5, 5.41) is 5.92. The first-order valence-electron chi connectivity index (χ1n) is 5.92. The first kappa shape index (κ1) is 14.2. The van der Waals surface area contributed by atoms with Crippen LogP contribution in [0.25, 0.3) is 0 Å². The summed E-state index contributed by atoms with van der Waals surface area (Å²) in [5.41, 5.74) is 0. The van der Waals surface area contributed by atoms with Gasteiger partial charge in [-0.3, -0.25) is 0 Å². The molecule has 0 aliphatic rings. The van der Waals surface area contributed by atoms with Crippen LogP contribution in [0.1, 0.15) is 20.3 Å². The summed E-state index contributed by atoms with van der Waals surface area (Å²) < 4.78 is 4.78. The van der Waals surface area contributed by atoms with Gasteiger partial charge in [-0.15, -0.1) is 0 Å². The van der Waals surface area contributed by atoms with Crippen LogP contribution in [-0.2, 0) is 9.53 Å². The number of carbonyl (C=O) groups excluding carboxylic acids is 1. The van der Waals surface area contributed by atoms with Crippen molar-refractivity contribution in [2.45, 2.75) is 26.3 Å². The zero-order valence-electron chi connectivity index (χ0n) is 11.2. The van der Waals surface area contributed by atoms with Crippen molar-refractivity contribution in [3.63, 3.8) is 0 Å². The molecule has 1 heterocycles. The number of anilines is 2. The Morgan fingerprint density at radius 2 is 2.22 bits per heavy atom. The third-order valence-corrected chi connectivity index (χ3v) is 2.39. The molecule has 0 aromatic carbocycles. The molecule has 18 heavy (non-hydrogen) atoms. The topological polar surface area (TPSA) is 76.1 Å². The predicted molar refractivity (Wildman–Crippen MR) is 70.5 cm³/mol. The Morgan fingerprint density at radius 3 is 2.78 bits per heavy atom. The van der Waals surface area contributed by atoms with E-state index in [1.54, 1.807) is 19.3 Å². The number of ether oxygens (including phenoxy) is 1. The van der Waals surface area contributed by atoms with Crippen LogP contribution < -0.4 is 10.6 Å². The smallest absolute Gasteiger partial charge is 0.328 e. The van der Waals surface area contributed by atoms with E-state index in [2.05, 4.69) is 34.4 Å². The number of nitrogens with one attached hydrogen (secondary N) is 2. The standard InChI is InChI=1S/C12H20N4O2/c1-8(2)7-9(11(17)18-4)15-10-5-6-14-12(13-3)16-10/h5-6,8-9H,7H2,1-4H3,(H2,13,14,15,16). The third kappa shape index (κ3) is 4.20. The zero-order chi connectivity index (χ0) is 13.5. The molecule has 0 saturated heterocycles. The predicted octanol–water partition coefficient (Wildman–Crippen LogP) is 1.52. The fourth-order valence-corrected chi connectivity index (χ4v) is 1.57. The van der Waals surface area contributed by atoms with Crippen LogP contribution in [0.3, 0.4) is 0 Å². The van der Waals surface area contributed by atoms with E-state index in [9.17, 15) is 4.79 Å². The molecule has 0 aliphatic heterocycles. The van der Waals surface area contributed by atoms with E-state index in [1.165, 1.54) is 7.11 Å². The summed E-state index contributed by atoms with van der Waals surface area (Å²) in [7, 11) is 3.13. The first-order chi connectivity index (χ1) is 8.56. The fraction of sp³-hybridized carbons (Fsp3) is 0.583. The summed E-state index contributed by atoms with van der Waals surface area (Å²) in [4.78, 5) is 19.9. The molecule has 0 fully saturated rings. The van der Waals surface area contributed by atoms with Gasteiger partial charge in [0.25, 0.3) is 0 Å². The quantitative estimate of drug-likeness (QED) is 0.747. The van der Waals surface area contributed by atoms with E-state index in [1.807, 2.05) is 0 Å². The highest BCUT2D eigenvalue weighted by Crippen LogP contribution is 2.13.